The van der Waals surface area contributed by atoms with Crippen molar-refractivity contribution in [3.8, 4) is 0 Å². The van der Waals surface area contributed by atoms with E-state index in [0.717, 1.165) is 13.0 Å². The van der Waals surface area contributed by atoms with E-state index < -0.39 is 0 Å². The maximum Gasteiger partial charge on any atom is 0.239 e. The molecule has 0 radical (unpaired) electrons. The molecule has 0 bridgehead atoms. The first-order chi connectivity index (χ1) is 7.15. The highest BCUT2D eigenvalue weighted by Crippen LogP contribution is 2.24. The molecule has 0 unspecified atom stereocenters. The van der Waals surface area contributed by atoms with Gasteiger partial charge in [0.2, 0.25) is 5.91 Å². The van der Waals surface area contributed by atoms with Crippen molar-refractivity contribution >= 4 is 5.91 Å². The van der Waals surface area contributed by atoms with Crippen molar-refractivity contribution in [1.29, 1.82) is 0 Å². The minimum absolute atomic E-state index is 0.100. The minimum atomic E-state index is -0.307. The van der Waals surface area contributed by atoms with E-state index in [4.69, 9.17) is 5.73 Å². The second-order valence-corrected chi connectivity index (χ2v) is 4.74. The number of hydrogen-bond donors (Lipinski definition) is 1. The molecule has 15 heavy (non-hydrogen) atoms. The highest BCUT2D eigenvalue weighted by atomic mass is 16.2. The molecule has 3 nitrogen and oxygen atoms in total. The van der Waals surface area contributed by atoms with Crippen molar-refractivity contribution in [2.75, 3.05) is 13.6 Å². The van der Waals surface area contributed by atoms with Crippen molar-refractivity contribution < 1.29 is 4.79 Å². The van der Waals surface area contributed by atoms with E-state index in [9.17, 15) is 4.79 Å². The van der Waals surface area contributed by atoms with Crippen LogP contribution in [-0.4, -0.2) is 30.4 Å². The van der Waals surface area contributed by atoms with Crippen molar-refractivity contribution in [1.82, 2.24) is 4.90 Å². The summed E-state index contributed by atoms with van der Waals surface area (Å²) in [5, 5.41) is 0. The highest BCUT2D eigenvalue weighted by molar-refractivity contribution is 5.81. The van der Waals surface area contributed by atoms with Gasteiger partial charge in [0, 0.05) is 13.6 Å². The van der Waals surface area contributed by atoms with Gasteiger partial charge in [0.05, 0.1) is 6.04 Å². The molecule has 0 aromatic heterocycles. The van der Waals surface area contributed by atoms with Crippen molar-refractivity contribution in [2.24, 2.45) is 11.7 Å². The van der Waals surface area contributed by atoms with E-state index in [1.165, 1.54) is 32.1 Å². The van der Waals surface area contributed by atoms with Crippen LogP contribution in [0.5, 0.6) is 0 Å². The largest absolute Gasteiger partial charge is 0.344 e. The highest BCUT2D eigenvalue weighted by Gasteiger charge is 2.20. The Bertz CT molecular complexity index is 200. The molecule has 1 rings (SSSR count). The molecule has 0 aliphatic heterocycles. The van der Waals surface area contributed by atoms with Crippen LogP contribution in [0, 0.1) is 5.92 Å². The third-order valence-corrected chi connectivity index (χ3v) is 3.39. The number of nitrogens with two attached hydrogens (primary N) is 1. The van der Waals surface area contributed by atoms with Gasteiger partial charge in [0.1, 0.15) is 0 Å². The summed E-state index contributed by atoms with van der Waals surface area (Å²) < 4.78 is 0. The van der Waals surface area contributed by atoms with Crippen LogP contribution in [0.1, 0.15) is 45.4 Å². The molecule has 1 fully saturated rings. The van der Waals surface area contributed by atoms with Gasteiger partial charge in [0.15, 0.2) is 0 Å². The Kier molecular flexibility index (Phi) is 5.09. The van der Waals surface area contributed by atoms with Crippen LogP contribution in [0.15, 0.2) is 0 Å². The van der Waals surface area contributed by atoms with E-state index in [1.807, 2.05) is 18.9 Å². The van der Waals surface area contributed by atoms with Gasteiger partial charge < -0.3 is 10.6 Å². The lowest BCUT2D eigenvalue weighted by Crippen LogP contribution is -2.43. The van der Waals surface area contributed by atoms with Gasteiger partial charge >= 0.3 is 0 Å². The number of likely N-dealkylation sites (N-methyl/N-ethyl adjacent to an activating group) is 1. The molecular weight excluding hydrogens is 188 g/mol. The lowest BCUT2D eigenvalue weighted by atomic mass is 9.89. The van der Waals surface area contributed by atoms with Gasteiger partial charge in [-0.15, -0.1) is 0 Å². The lowest BCUT2D eigenvalue weighted by molar-refractivity contribution is -0.132. The number of nitrogens with zero attached hydrogens (tertiary/aromatic N) is 1. The number of carbonyl (C=O) groups excluding carboxylic acids is 1. The van der Waals surface area contributed by atoms with Crippen molar-refractivity contribution in [2.45, 2.75) is 51.5 Å². The molecule has 1 saturated carbocycles. The van der Waals surface area contributed by atoms with Crippen LogP contribution in [0.25, 0.3) is 0 Å². The smallest absolute Gasteiger partial charge is 0.239 e. The monoisotopic (exact) mass is 212 g/mol. The van der Waals surface area contributed by atoms with Crippen molar-refractivity contribution in [3.05, 3.63) is 0 Å². The second-order valence-electron chi connectivity index (χ2n) is 4.74. The number of rotatable bonds is 4. The predicted molar refractivity (Wildman–Crippen MR) is 62.5 cm³/mol. The zero-order valence-corrected chi connectivity index (χ0v) is 10.0. The van der Waals surface area contributed by atoms with E-state index in [2.05, 4.69) is 0 Å². The Morgan fingerprint density at radius 1 is 1.40 bits per heavy atom. The molecule has 2 N–H and O–H groups in total. The molecular formula is C12H24N2O. The predicted octanol–water partition coefficient (Wildman–Crippen LogP) is 1.76. The van der Waals surface area contributed by atoms with Crippen LogP contribution < -0.4 is 5.73 Å². The first kappa shape index (κ1) is 12.5. The second kappa shape index (κ2) is 6.11. The molecule has 1 amide bonds. The molecule has 0 heterocycles. The molecule has 0 aromatic rings. The van der Waals surface area contributed by atoms with Crippen LogP contribution >= 0.6 is 0 Å². The Morgan fingerprint density at radius 3 is 2.53 bits per heavy atom. The summed E-state index contributed by atoms with van der Waals surface area (Å²) in [4.78, 5) is 13.6. The normalized spacial score (nSPS) is 19.9. The molecule has 0 spiro atoms. The molecule has 1 atom stereocenters. The van der Waals surface area contributed by atoms with E-state index >= 15 is 0 Å². The average Bonchev–Trinajstić information content (AvgIpc) is 2.28. The first-order valence-electron chi connectivity index (χ1n) is 6.15. The molecule has 88 valence electrons. The lowest BCUT2D eigenvalue weighted by Gasteiger charge is -2.28. The molecule has 3 heteroatoms. The van der Waals surface area contributed by atoms with E-state index in [0.29, 0.717) is 5.92 Å². The summed E-state index contributed by atoms with van der Waals surface area (Å²) >= 11 is 0. The fraction of sp³-hybridized carbons (Fsp3) is 0.917. The maximum atomic E-state index is 11.7. The quantitative estimate of drug-likeness (QED) is 0.772. The third kappa shape index (κ3) is 3.82. The summed E-state index contributed by atoms with van der Waals surface area (Å²) in [6.07, 6.45) is 7.30. The standard InChI is InChI=1S/C12H24N2O/c1-3-11(13)12(15)14(2)9-10-7-5-4-6-8-10/h10-11H,3-9,13H2,1-2H3/t11-/m0/s1. The number of hydrogen-bond acceptors (Lipinski definition) is 2. The van der Waals surface area contributed by atoms with Gasteiger partial charge in [-0.1, -0.05) is 26.2 Å². The summed E-state index contributed by atoms with van der Waals surface area (Å²) in [5.41, 5.74) is 5.73. The molecule has 1 aliphatic carbocycles. The van der Waals surface area contributed by atoms with Gasteiger partial charge in [-0.25, -0.2) is 0 Å². The van der Waals surface area contributed by atoms with E-state index in [-0.39, 0.29) is 11.9 Å². The van der Waals surface area contributed by atoms with E-state index in [1.54, 1.807) is 0 Å². The fourth-order valence-corrected chi connectivity index (χ4v) is 2.30. The van der Waals surface area contributed by atoms with Crippen molar-refractivity contribution in [3.63, 3.8) is 0 Å². The Morgan fingerprint density at radius 2 is 2.00 bits per heavy atom. The van der Waals surface area contributed by atoms with Crippen LogP contribution in [0.3, 0.4) is 0 Å². The SMILES string of the molecule is CC[C@H](N)C(=O)N(C)CC1CCCCC1. The Balaban J connectivity index is 2.33. The molecule has 1 aliphatic rings. The fourth-order valence-electron chi connectivity index (χ4n) is 2.30. The third-order valence-electron chi connectivity index (χ3n) is 3.39. The topological polar surface area (TPSA) is 46.3 Å². The van der Waals surface area contributed by atoms with Crippen LogP contribution in [-0.2, 0) is 4.79 Å². The first-order valence-corrected chi connectivity index (χ1v) is 6.15. The average molecular weight is 212 g/mol. The van der Waals surface area contributed by atoms with Gasteiger partial charge in [-0.2, -0.15) is 0 Å². The van der Waals surface area contributed by atoms with Gasteiger partial charge in [-0.05, 0) is 25.2 Å². The number of carbonyl (C=O) groups is 1. The van der Waals surface area contributed by atoms with Crippen LogP contribution in [0.2, 0.25) is 0 Å². The summed E-state index contributed by atoms with van der Waals surface area (Å²) in [6.45, 7) is 2.85. The maximum absolute atomic E-state index is 11.7. The number of amides is 1. The zero-order valence-electron chi connectivity index (χ0n) is 10.0. The Hall–Kier alpha value is -0.570. The van der Waals surface area contributed by atoms with Gasteiger partial charge in [-0.3, -0.25) is 4.79 Å². The zero-order chi connectivity index (χ0) is 11.3. The van der Waals surface area contributed by atoms with Crippen LogP contribution in [0.4, 0.5) is 0 Å². The summed E-state index contributed by atoms with van der Waals surface area (Å²) in [6, 6.07) is -0.307. The minimum Gasteiger partial charge on any atom is -0.344 e. The summed E-state index contributed by atoms with van der Waals surface area (Å²) in [5.74, 6) is 0.805. The summed E-state index contributed by atoms with van der Waals surface area (Å²) in [7, 11) is 1.88. The van der Waals surface area contributed by atoms with Gasteiger partial charge in [0.25, 0.3) is 0 Å². The molecule has 0 aromatic carbocycles. The molecule has 0 saturated heterocycles. The Labute approximate surface area is 93.0 Å².